The highest BCUT2D eigenvalue weighted by Crippen LogP contribution is 2.10. The van der Waals surface area contributed by atoms with Crippen LogP contribution in [-0.2, 0) is 0 Å². The lowest BCUT2D eigenvalue weighted by molar-refractivity contribution is 0.0520. The fourth-order valence-corrected chi connectivity index (χ4v) is 2.66. The summed E-state index contributed by atoms with van der Waals surface area (Å²) in [7, 11) is 0. The van der Waals surface area contributed by atoms with Crippen molar-refractivity contribution in [1.82, 2.24) is 24.2 Å². The first-order chi connectivity index (χ1) is 10.7. The molecule has 3 rings (SSSR count). The van der Waals surface area contributed by atoms with Gasteiger partial charge in [-0.1, -0.05) is 6.92 Å². The molecule has 0 saturated carbocycles. The highest BCUT2D eigenvalue weighted by molar-refractivity contribution is 5.92. The predicted molar refractivity (Wildman–Crippen MR) is 81.6 cm³/mol. The Bertz CT molecular complexity index is 615. The topological polar surface area (TPSA) is 74.0 Å². The molecule has 7 nitrogen and oxygen atoms in total. The van der Waals surface area contributed by atoms with Gasteiger partial charge in [-0.05, 0) is 12.5 Å². The molecule has 22 heavy (non-hydrogen) atoms. The van der Waals surface area contributed by atoms with Crippen LogP contribution in [0.5, 0.6) is 0 Å². The van der Waals surface area contributed by atoms with E-state index in [1.807, 2.05) is 18.0 Å². The van der Waals surface area contributed by atoms with E-state index in [2.05, 4.69) is 14.9 Å². The molecule has 1 N–H and O–H groups in total. The van der Waals surface area contributed by atoms with Crippen molar-refractivity contribution in [2.75, 3.05) is 32.7 Å². The number of piperazine rings is 1. The van der Waals surface area contributed by atoms with Crippen LogP contribution in [0, 0.1) is 0 Å². The van der Waals surface area contributed by atoms with Gasteiger partial charge in [-0.25, -0.2) is 9.97 Å². The molecule has 1 atom stereocenters. The normalized spacial score (nSPS) is 17.8. The van der Waals surface area contributed by atoms with Crippen LogP contribution in [0.15, 0.2) is 24.7 Å². The van der Waals surface area contributed by atoms with Gasteiger partial charge in [-0.3, -0.25) is 14.1 Å². The van der Waals surface area contributed by atoms with Gasteiger partial charge in [-0.15, -0.1) is 0 Å². The number of aliphatic hydroxyl groups is 1. The molecule has 1 saturated heterocycles. The average molecular weight is 303 g/mol. The third-order valence-corrected chi connectivity index (χ3v) is 4.05. The number of β-amino-alcohol motifs (C(OH)–C–C–N with tert-alkyl or cyclic N) is 1. The average Bonchev–Trinajstić information content (AvgIpc) is 2.98. The van der Waals surface area contributed by atoms with Crippen molar-refractivity contribution in [2.24, 2.45) is 0 Å². The molecule has 0 radical (unpaired) electrons. The number of amides is 1. The number of nitrogens with zero attached hydrogens (tertiary/aromatic N) is 5. The zero-order valence-electron chi connectivity index (χ0n) is 12.7. The number of carbonyl (C=O) groups excluding carboxylic acids is 1. The Hall–Kier alpha value is -1.99. The summed E-state index contributed by atoms with van der Waals surface area (Å²) < 4.78 is 1.75. The van der Waals surface area contributed by atoms with E-state index < -0.39 is 0 Å². The van der Waals surface area contributed by atoms with Crippen molar-refractivity contribution < 1.29 is 9.90 Å². The third-order valence-electron chi connectivity index (χ3n) is 4.05. The Balaban J connectivity index is 1.62. The number of hydrogen-bond donors (Lipinski definition) is 1. The third kappa shape index (κ3) is 3.10. The Labute approximate surface area is 129 Å². The van der Waals surface area contributed by atoms with Crippen molar-refractivity contribution >= 4 is 11.7 Å². The zero-order chi connectivity index (χ0) is 15.5. The number of aliphatic hydroxyl groups excluding tert-OH is 1. The van der Waals surface area contributed by atoms with Crippen molar-refractivity contribution in [3.63, 3.8) is 0 Å². The van der Waals surface area contributed by atoms with E-state index in [1.54, 1.807) is 22.9 Å². The van der Waals surface area contributed by atoms with Crippen LogP contribution in [0.1, 0.15) is 23.8 Å². The Kier molecular flexibility index (Phi) is 4.35. The summed E-state index contributed by atoms with van der Waals surface area (Å²) >= 11 is 0. The summed E-state index contributed by atoms with van der Waals surface area (Å²) in [5, 5.41) is 9.70. The molecule has 0 aliphatic carbocycles. The Morgan fingerprint density at radius 1 is 1.36 bits per heavy atom. The van der Waals surface area contributed by atoms with Gasteiger partial charge in [0.05, 0.1) is 6.10 Å². The zero-order valence-corrected chi connectivity index (χ0v) is 12.7. The summed E-state index contributed by atoms with van der Waals surface area (Å²) in [6, 6.07) is 1.81. The fourth-order valence-electron chi connectivity index (χ4n) is 2.66. The molecule has 0 spiro atoms. The van der Waals surface area contributed by atoms with E-state index in [9.17, 15) is 9.90 Å². The first-order valence-electron chi connectivity index (χ1n) is 7.67. The standard InChI is InChI=1S/C15H21N5O2/c1-2-12(21)10-18-6-8-19(9-7-18)14(22)13-11-20-5-3-4-16-15(20)17-13/h3-5,11-12,21H,2,6-10H2,1H3. The van der Waals surface area contributed by atoms with Crippen LogP contribution in [0.25, 0.3) is 5.78 Å². The number of aromatic nitrogens is 3. The summed E-state index contributed by atoms with van der Waals surface area (Å²) in [4.78, 5) is 24.9. The molecule has 2 aromatic rings. The van der Waals surface area contributed by atoms with Crippen LogP contribution in [0.2, 0.25) is 0 Å². The minimum atomic E-state index is -0.285. The van der Waals surface area contributed by atoms with Crippen LogP contribution in [0.4, 0.5) is 0 Å². The van der Waals surface area contributed by atoms with Crippen LogP contribution in [-0.4, -0.2) is 74.0 Å². The van der Waals surface area contributed by atoms with Crippen LogP contribution >= 0.6 is 0 Å². The predicted octanol–water partition coefficient (Wildman–Crippen LogP) is 0.258. The number of carbonyl (C=O) groups is 1. The van der Waals surface area contributed by atoms with Gasteiger partial charge in [0.2, 0.25) is 5.78 Å². The molecule has 1 amide bonds. The molecule has 3 heterocycles. The van der Waals surface area contributed by atoms with Gasteiger partial charge in [0, 0.05) is 51.3 Å². The summed E-state index contributed by atoms with van der Waals surface area (Å²) in [5.74, 6) is 0.483. The lowest BCUT2D eigenvalue weighted by Crippen LogP contribution is -2.50. The number of fused-ring (bicyclic) bond motifs is 1. The number of rotatable bonds is 4. The molecular weight excluding hydrogens is 282 g/mol. The van der Waals surface area contributed by atoms with Crippen LogP contribution in [0.3, 0.4) is 0 Å². The monoisotopic (exact) mass is 303 g/mol. The first-order valence-corrected chi connectivity index (χ1v) is 7.67. The number of imidazole rings is 1. The molecule has 0 aromatic carbocycles. The van der Waals surface area contributed by atoms with Crippen molar-refractivity contribution in [3.8, 4) is 0 Å². The van der Waals surface area contributed by atoms with Gasteiger partial charge < -0.3 is 10.0 Å². The van der Waals surface area contributed by atoms with Gasteiger partial charge in [-0.2, -0.15) is 0 Å². The second-order valence-corrected chi connectivity index (χ2v) is 5.61. The molecule has 118 valence electrons. The Morgan fingerprint density at radius 3 is 2.82 bits per heavy atom. The SMILES string of the molecule is CCC(O)CN1CCN(C(=O)c2cn3cccnc3n2)CC1. The summed E-state index contributed by atoms with van der Waals surface area (Å²) in [6.07, 6.45) is 5.68. The van der Waals surface area contributed by atoms with Crippen molar-refractivity contribution in [1.29, 1.82) is 0 Å². The van der Waals surface area contributed by atoms with E-state index in [0.717, 1.165) is 19.5 Å². The molecule has 7 heteroatoms. The molecule has 2 aromatic heterocycles. The lowest BCUT2D eigenvalue weighted by atomic mass is 10.2. The lowest BCUT2D eigenvalue weighted by Gasteiger charge is -2.35. The van der Waals surface area contributed by atoms with Gasteiger partial charge in [0.25, 0.3) is 5.91 Å². The maximum Gasteiger partial charge on any atom is 0.274 e. The molecule has 0 bridgehead atoms. The second kappa shape index (κ2) is 6.41. The highest BCUT2D eigenvalue weighted by atomic mass is 16.3. The van der Waals surface area contributed by atoms with E-state index in [1.165, 1.54) is 0 Å². The summed E-state index contributed by atoms with van der Waals surface area (Å²) in [5.41, 5.74) is 0.431. The second-order valence-electron chi connectivity index (χ2n) is 5.61. The van der Waals surface area contributed by atoms with Gasteiger partial charge in [0.15, 0.2) is 0 Å². The molecule has 1 aliphatic rings. The smallest absolute Gasteiger partial charge is 0.274 e. The van der Waals surface area contributed by atoms with E-state index in [0.29, 0.717) is 31.1 Å². The molecule has 1 unspecified atom stereocenters. The summed E-state index contributed by atoms with van der Waals surface area (Å²) in [6.45, 7) is 5.55. The molecule has 1 fully saturated rings. The minimum Gasteiger partial charge on any atom is -0.392 e. The van der Waals surface area contributed by atoms with Crippen molar-refractivity contribution in [2.45, 2.75) is 19.4 Å². The fraction of sp³-hybridized carbons (Fsp3) is 0.533. The van der Waals surface area contributed by atoms with Crippen LogP contribution < -0.4 is 0 Å². The first kappa shape index (κ1) is 14.9. The van der Waals surface area contributed by atoms with E-state index >= 15 is 0 Å². The maximum absolute atomic E-state index is 12.5. The number of hydrogen-bond acceptors (Lipinski definition) is 5. The molecular formula is C15H21N5O2. The van der Waals surface area contributed by atoms with Gasteiger partial charge >= 0.3 is 0 Å². The van der Waals surface area contributed by atoms with E-state index in [-0.39, 0.29) is 12.0 Å². The Morgan fingerprint density at radius 2 is 2.14 bits per heavy atom. The van der Waals surface area contributed by atoms with E-state index in [4.69, 9.17) is 0 Å². The molecule has 1 aliphatic heterocycles. The van der Waals surface area contributed by atoms with Crippen molar-refractivity contribution in [3.05, 3.63) is 30.4 Å². The quantitative estimate of drug-likeness (QED) is 0.877. The highest BCUT2D eigenvalue weighted by Gasteiger charge is 2.24. The largest absolute Gasteiger partial charge is 0.392 e. The minimum absolute atomic E-state index is 0.0545. The van der Waals surface area contributed by atoms with Gasteiger partial charge in [0.1, 0.15) is 5.69 Å². The maximum atomic E-state index is 12.5.